The van der Waals surface area contributed by atoms with Crippen LogP contribution in [0.5, 0.6) is 28.7 Å². The second-order valence-corrected chi connectivity index (χ2v) is 16.2. The Bertz CT molecular complexity index is 2310. The van der Waals surface area contributed by atoms with E-state index in [9.17, 15) is 15.0 Å². The highest BCUT2D eigenvalue weighted by Gasteiger charge is 2.51. The van der Waals surface area contributed by atoms with E-state index in [0.29, 0.717) is 60.5 Å². The molecule has 2 aliphatic carbocycles. The lowest BCUT2D eigenvalue weighted by Crippen LogP contribution is -2.37. The molecule has 3 aromatic carbocycles. The molecule has 3 heterocycles. The summed E-state index contributed by atoms with van der Waals surface area (Å²) in [5.41, 5.74) is 14.9. The number of esters is 1. The highest BCUT2D eigenvalue weighted by molar-refractivity contribution is 5.84. The van der Waals surface area contributed by atoms with Gasteiger partial charge in [-0.1, -0.05) is 24.1 Å². The topological polar surface area (TPSA) is 169 Å². The lowest BCUT2D eigenvalue weighted by atomic mass is 9.65. The highest BCUT2D eigenvalue weighted by Crippen LogP contribution is 2.62. The Morgan fingerprint density at radius 3 is 2.60 bits per heavy atom. The Balaban J connectivity index is 1.41. The van der Waals surface area contributed by atoms with E-state index in [1.54, 1.807) is 13.2 Å². The van der Waals surface area contributed by atoms with Crippen molar-refractivity contribution in [1.82, 2.24) is 20.9 Å². The number of hydrogen-bond donors (Lipinski definition) is 6. The van der Waals surface area contributed by atoms with Gasteiger partial charge in [-0.25, -0.2) is 4.98 Å². The van der Waals surface area contributed by atoms with Crippen LogP contribution >= 0.6 is 0 Å². The molecule has 4 aromatic rings. The molecule has 0 saturated heterocycles. The normalized spacial score (nSPS) is 21.0. The fraction of sp³-hybridized carbons (Fsp3) is 0.435. The quantitative estimate of drug-likeness (QED) is 0.0872. The maximum atomic E-state index is 12.5. The number of carbonyl (C=O) groups excluding carboxylic acids is 1. The number of nitrogens with zero attached hydrogens (tertiary/aromatic N) is 1. The average molecular weight is 788 g/mol. The molecule has 8 rings (SSSR count). The van der Waals surface area contributed by atoms with Gasteiger partial charge in [0.15, 0.2) is 11.5 Å². The largest absolute Gasteiger partial charge is 0.508 e. The second kappa shape index (κ2) is 16.0. The number of methoxy groups -OCH3 is 1. The van der Waals surface area contributed by atoms with E-state index in [0.717, 1.165) is 75.9 Å². The molecule has 12 nitrogen and oxygen atoms in total. The Kier molecular flexibility index (Phi) is 10.9. The van der Waals surface area contributed by atoms with Crippen molar-refractivity contribution in [2.45, 2.75) is 75.5 Å². The number of likely N-dealkylation sites (N-methyl/N-ethyl adjacent to an activating group) is 2. The number of rotatable bonds is 11. The molecule has 1 fully saturated rings. The van der Waals surface area contributed by atoms with E-state index in [1.165, 1.54) is 6.92 Å². The molecule has 4 atom stereocenters. The number of phenols is 2. The van der Waals surface area contributed by atoms with Crippen LogP contribution in [-0.2, 0) is 40.8 Å². The van der Waals surface area contributed by atoms with Crippen LogP contribution in [0, 0.1) is 17.8 Å². The Morgan fingerprint density at radius 2 is 1.86 bits per heavy atom. The summed E-state index contributed by atoms with van der Waals surface area (Å²) in [6.45, 7) is 2.91. The summed E-state index contributed by atoms with van der Waals surface area (Å²) in [7, 11) is 7.20. The van der Waals surface area contributed by atoms with Crippen LogP contribution in [-0.4, -0.2) is 75.2 Å². The summed E-state index contributed by atoms with van der Waals surface area (Å²) >= 11 is 0. The summed E-state index contributed by atoms with van der Waals surface area (Å²) in [6, 6.07) is 13.6. The second-order valence-electron chi connectivity index (χ2n) is 16.2. The van der Waals surface area contributed by atoms with Crippen LogP contribution in [0.25, 0.3) is 11.1 Å². The molecule has 0 radical (unpaired) electrons. The van der Waals surface area contributed by atoms with Gasteiger partial charge in [0, 0.05) is 72.3 Å². The molecular formula is C46H53N5O7. The molecule has 4 bridgehead atoms. The van der Waals surface area contributed by atoms with Crippen molar-refractivity contribution in [1.29, 1.82) is 0 Å². The standard InChI is InChI=1S/C46H53N5O7/c1-25(52)56-24-36-32-10-11-33-41-28(16-29(53)17-38(41)55-5)20-46-14-13-26(19-46)15-27-9-12-40(47)51-37(27)8-6-7-31-34(44(36)58-45(32)42(33)46)18-39(43(54)35(31)23-50-4)57-30(21-48-2)22-49-3/h9-12,16-18,26,30,36,44,48-50,53-54H,7,13-15,19-24H2,1-5H3,(H2,47,51)/t26-,36+,44+,46+/m0/s1. The fourth-order valence-electron chi connectivity index (χ4n) is 10.1. The number of hydrogen-bond acceptors (Lipinski definition) is 12. The number of aromatic nitrogens is 1. The van der Waals surface area contributed by atoms with Crippen LogP contribution in [0.4, 0.5) is 5.82 Å². The average Bonchev–Trinajstić information content (AvgIpc) is 3.77. The number of benzene rings is 3. The van der Waals surface area contributed by atoms with Crippen LogP contribution in [0.3, 0.4) is 0 Å². The molecule has 0 unspecified atom stereocenters. The minimum absolute atomic E-state index is 0.0282. The van der Waals surface area contributed by atoms with Crippen molar-refractivity contribution in [3.63, 3.8) is 0 Å². The molecule has 304 valence electrons. The Labute approximate surface area is 339 Å². The van der Waals surface area contributed by atoms with Crippen molar-refractivity contribution >= 4 is 11.8 Å². The van der Waals surface area contributed by atoms with E-state index in [4.69, 9.17) is 29.7 Å². The van der Waals surface area contributed by atoms with E-state index >= 15 is 0 Å². The summed E-state index contributed by atoms with van der Waals surface area (Å²) in [5, 5.41) is 32.6. The summed E-state index contributed by atoms with van der Waals surface area (Å²) in [6.07, 6.45) is 3.55. The lowest BCUT2D eigenvalue weighted by Gasteiger charge is -2.39. The summed E-state index contributed by atoms with van der Waals surface area (Å²) in [5.74, 6) is 8.64. The number of aromatic hydroxyl groups is 2. The number of anilines is 1. The number of phenolic OH excluding ortho intramolecular Hbond substituents is 2. The Hall–Kier alpha value is -5.48. The van der Waals surface area contributed by atoms with Crippen LogP contribution < -0.4 is 35.9 Å². The summed E-state index contributed by atoms with van der Waals surface area (Å²) < 4.78 is 25.8. The summed E-state index contributed by atoms with van der Waals surface area (Å²) in [4.78, 5) is 17.2. The van der Waals surface area contributed by atoms with Gasteiger partial charge in [0.1, 0.15) is 47.6 Å². The third-order valence-corrected chi connectivity index (χ3v) is 12.4. The maximum Gasteiger partial charge on any atom is 0.302 e. The highest BCUT2D eigenvalue weighted by atomic mass is 16.5. The zero-order valence-electron chi connectivity index (χ0n) is 33.9. The van der Waals surface area contributed by atoms with Gasteiger partial charge in [0.2, 0.25) is 0 Å². The number of nitrogens with two attached hydrogens (primary N) is 1. The van der Waals surface area contributed by atoms with Gasteiger partial charge in [-0.2, -0.15) is 0 Å². The molecule has 1 spiro atoms. The van der Waals surface area contributed by atoms with E-state index < -0.39 is 12.0 Å². The van der Waals surface area contributed by atoms with Gasteiger partial charge in [-0.15, -0.1) is 0 Å². The van der Waals surface area contributed by atoms with Gasteiger partial charge in [0.05, 0.1) is 13.0 Å². The van der Waals surface area contributed by atoms with Gasteiger partial charge < -0.3 is 50.8 Å². The molecule has 1 aromatic heterocycles. The predicted molar refractivity (Wildman–Crippen MR) is 222 cm³/mol. The third kappa shape index (κ3) is 7.05. The fourth-order valence-corrected chi connectivity index (χ4v) is 10.1. The van der Waals surface area contributed by atoms with Crippen molar-refractivity contribution < 1.29 is 34.0 Å². The van der Waals surface area contributed by atoms with Crippen LogP contribution in [0.2, 0.25) is 0 Å². The SMILES string of the molecule is CNCc1c(O)c(OC(CNC)CNC)cc2c1CC#Cc1nc(N)ccc1C[C@@H]1CC[C@]3(Cc4cc(O)cc(OC)c4-c4ccc5c(c43)O[C@H]2[C@@H]5COC(C)=O)C1. The van der Waals surface area contributed by atoms with Gasteiger partial charge >= 0.3 is 5.97 Å². The number of ether oxygens (including phenoxy) is 4. The molecule has 12 heteroatoms. The van der Waals surface area contributed by atoms with Gasteiger partial charge in [0.25, 0.3) is 0 Å². The minimum atomic E-state index is -0.633. The first-order valence-electron chi connectivity index (χ1n) is 20.2. The molecule has 2 aliphatic heterocycles. The minimum Gasteiger partial charge on any atom is -0.508 e. The Morgan fingerprint density at radius 1 is 1.05 bits per heavy atom. The first-order valence-corrected chi connectivity index (χ1v) is 20.2. The number of pyridine rings is 1. The molecule has 7 N–H and O–H groups in total. The smallest absolute Gasteiger partial charge is 0.302 e. The lowest BCUT2D eigenvalue weighted by molar-refractivity contribution is -0.141. The molecule has 1 saturated carbocycles. The third-order valence-electron chi connectivity index (χ3n) is 12.4. The first-order chi connectivity index (χ1) is 28.1. The van der Waals surface area contributed by atoms with E-state index in [1.807, 2.05) is 39.3 Å². The monoisotopic (exact) mass is 787 g/mol. The van der Waals surface area contributed by atoms with Crippen molar-refractivity contribution in [2.24, 2.45) is 5.92 Å². The molecule has 0 amide bonds. The van der Waals surface area contributed by atoms with Crippen molar-refractivity contribution in [3.8, 4) is 51.7 Å². The number of nitrogens with one attached hydrogen (secondary N) is 3. The first kappa shape index (κ1) is 39.4. The molecular weight excluding hydrogens is 735 g/mol. The molecule has 58 heavy (non-hydrogen) atoms. The van der Waals surface area contributed by atoms with E-state index in [-0.39, 0.29) is 42.0 Å². The zero-order valence-corrected chi connectivity index (χ0v) is 33.9. The molecule has 4 aliphatic rings. The van der Waals surface area contributed by atoms with Crippen molar-refractivity contribution in [2.75, 3.05) is 53.7 Å². The predicted octanol–water partition coefficient (Wildman–Crippen LogP) is 5.18. The van der Waals surface area contributed by atoms with Crippen molar-refractivity contribution in [3.05, 3.63) is 87.1 Å². The van der Waals surface area contributed by atoms with Gasteiger partial charge in [-0.3, -0.25) is 4.79 Å². The van der Waals surface area contributed by atoms with Crippen LogP contribution in [0.15, 0.2) is 42.5 Å². The zero-order chi connectivity index (χ0) is 40.7. The number of nitrogen functional groups attached to an aromatic ring is 1. The van der Waals surface area contributed by atoms with Gasteiger partial charge in [-0.05, 0) is 106 Å². The van der Waals surface area contributed by atoms with Crippen LogP contribution in [0.1, 0.15) is 82.8 Å². The number of carbonyl (C=O) groups is 1. The van der Waals surface area contributed by atoms with E-state index in [2.05, 4.69) is 46.0 Å². The number of fused-ring (bicyclic) bond motifs is 7. The maximum absolute atomic E-state index is 12.5.